The molecule has 3 N–H and O–H groups in total. The van der Waals surface area contributed by atoms with Gasteiger partial charge in [-0.1, -0.05) is 6.07 Å². The molecule has 0 bridgehead atoms. The van der Waals surface area contributed by atoms with Crippen LogP contribution in [0.15, 0.2) is 23.1 Å². The van der Waals surface area contributed by atoms with Crippen LogP contribution in [0.3, 0.4) is 0 Å². The smallest absolute Gasteiger partial charge is 0.249 e. The van der Waals surface area contributed by atoms with E-state index in [4.69, 9.17) is 5.73 Å². The van der Waals surface area contributed by atoms with Crippen molar-refractivity contribution < 1.29 is 13.2 Å². The fraction of sp³-hybridized carbons (Fsp3) is 0.462. The molecule has 8 heteroatoms. The number of primary amides is 1. The van der Waals surface area contributed by atoms with Crippen molar-refractivity contribution in [2.75, 3.05) is 20.1 Å². The standard InChI is InChI=1S/C13H19N3O3S.ClH/c1-9-3-4-11(7-12(9)13(14)17)20(18,19)16(2)10-5-6-15-8-10;/h3-4,7,10,15H,5-6,8H2,1-2H3,(H2,14,17);1H. The monoisotopic (exact) mass is 333 g/mol. The molecule has 1 unspecified atom stereocenters. The highest BCUT2D eigenvalue weighted by molar-refractivity contribution is 7.89. The molecule has 1 aromatic carbocycles. The number of carbonyl (C=O) groups is 1. The summed E-state index contributed by atoms with van der Waals surface area (Å²) in [5, 5.41) is 3.14. The van der Waals surface area contributed by atoms with Gasteiger partial charge in [0, 0.05) is 25.2 Å². The van der Waals surface area contributed by atoms with E-state index in [1.54, 1.807) is 20.0 Å². The van der Waals surface area contributed by atoms with Crippen LogP contribution in [0.2, 0.25) is 0 Å². The van der Waals surface area contributed by atoms with Crippen molar-refractivity contribution in [2.24, 2.45) is 5.73 Å². The largest absolute Gasteiger partial charge is 0.366 e. The highest BCUT2D eigenvalue weighted by Gasteiger charge is 2.30. The van der Waals surface area contributed by atoms with Crippen molar-refractivity contribution in [3.63, 3.8) is 0 Å². The Morgan fingerprint density at radius 2 is 2.10 bits per heavy atom. The van der Waals surface area contributed by atoms with E-state index >= 15 is 0 Å². The molecule has 1 fully saturated rings. The van der Waals surface area contributed by atoms with E-state index in [1.807, 2.05) is 0 Å². The molecule has 1 aliphatic heterocycles. The molecule has 0 aliphatic carbocycles. The summed E-state index contributed by atoms with van der Waals surface area (Å²) in [4.78, 5) is 11.4. The average molecular weight is 334 g/mol. The number of aryl methyl sites for hydroxylation is 1. The third-order valence-corrected chi connectivity index (χ3v) is 5.61. The number of nitrogens with zero attached hydrogens (tertiary/aromatic N) is 1. The molecule has 0 saturated carbocycles. The molecule has 0 aromatic heterocycles. The number of nitrogens with one attached hydrogen (secondary N) is 1. The Balaban J connectivity index is 0.00000220. The Morgan fingerprint density at radius 3 is 2.62 bits per heavy atom. The van der Waals surface area contributed by atoms with Crippen molar-refractivity contribution in [1.82, 2.24) is 9.62 Å². The van der Waals surface area contributed by atoms with Crippen LogP contribution in [0, 0.1) is 6.92 Å². The molecule has 1 atom stereocenters. The van der Waals surface area contributed by atoms with Gasteiger partial charge in [0.15, 0.2) is 0 Å². The van der Waals surface area contributed by atoms with E-state index in [0.29, 0.717) is 12.1 Å². The Morgan fingerprint density at radius 1 is 1.43 bits per heavy atom. The first-order valence-electron chi connectivity index (χ1n) is 6.43. The van der Waals surface area contributed by atoms with E-state index in [9.17, 15) is 13.2 Å². The summed E-state index contributed by atoms with van der Waals surface area (Å²) in [6, 6.07) is 4.41. The zero-order valence-corrected chi connectivity index (χ0v) is 13.6. The molecule has 1 heterocycles. The molecule has 21 heavy (non-hydrogen) atoms. The quantitative estimate of drug-likeness (QED) is 0.839. The molecule has 0 spiro atoms. The van der Waals surface area contributed by atoms with Crippen LogP contribution in [0.1, 0.15) is 22.3 Å². The molecule has 1 aromatic rings. The maximum absolute atomic E-state index is 12.6. The molecule has 1 aliphatic rings. The van der Waals surface area contributed by atoms with Crippen LogP contribution in [0.25, 0.3) is 0 Å². The average Bonchev–Trinajstić information content (AvgIpc) is 2.91. The van der Waals surface area contributed by atoms with E-state index in [2.05, 4.69) is 5.32 Å². The highest BCUT2D eigenvalue weighted by atomic mass is 35.5. The van der Waals surface area contributed by atoms with Crippen molar-refractivity contribution >= 4 is 28.3 Å². The molecule has 0 radical (unpaired) electrons. The highest BCUT2D eigenvalue weighted by Crippen LogP contribution is 2.21. The number of benzene rings is 1. The number of amides is 1. The van der Waals surface area contributed by atoms with Crippen LogP contribution < -0.4 is 11.1 Å². The predicted molar refractivity (Wildman–Crippen MR) is 83.2 cm³/mol. The number of hydrogen-bond donors (Lipinski definition) is 2. The van der Waals surface area contributed by atoms with Crippen LogP contribution in [-0.4, -0.2) is 44.8 Å². The van der Waals surface area contributed by atoms with Gasteiger partial charge in [0.05, 0.1) is 4.90 Å². The van der Waals surface area contributed by atoms with Crippen LogP contribution in [-0.2, 0) is 10.0 Å². The topological polar surface area (TPSA) is 92.5 Å². The van der Waals surface area contributed by atoms with Crippen LogP contribution >= 0.6 is 12.4 Å². The van der Waals surface area contributed by atoms with Gasteiger partial charge in [-0.2, -0.15) is 4.31 Å². The molecular formula is C13H20ClN3O3S. The minimum atomic E-state index is -3.61. The first-order chi connectivity index (χ1) is 9.34. The lowest BCUT2D eigenvalue weighted by Gasteiger charge is -2.23. The van der Waals surface area contributed by atoms with Crippen molar-refractivity contribution in [2.45, 2.75) is 24.3 Å². The first-order valence-corrected chi connectivity index (χ1v) is 7.87. The lowest BCUT2D eigenvalue weighted by Crippen LogP contribution is -2.38. The van der Waals surface area contributed by atoms with Gasteiger partial charge in [0.25, 0.3) is 0 Å². The van der Waals surface area contributed by atoms with Gasteiger partial charge in [0.1, 0.15) is 0 Å². The van der Waals surface area contributed by atoms with Gasteiger partial charge in [-0.15, -0.1) is 12.4 Å². The second-order valence-corrected chi connectivity index (χ2v) is 7.01. The van der Waals surface area contributed by atoms with Crippen molar-refractivity contribution in [3.05, 3.63) is 29.3 Å². The fourth-order valence-corrected chi connectivity index (χ4v) is 3.75. The lowest BCUT2D eigenvalue weighted by molar-refractivity contribution is 0.0999. The van der Waals surface area contributed by atoms with Gasteiger partial charge >= 0.3 is 0 Å². The zero-order valence-electron chi connectivity index (χ0n) is 12.0. The molecule has 1 saturated heterocycles. The van der Waals surface area contributed by atoms with Gasteiger partial charge < -0.3 is 11.1 Å². The first kappa shape index (κ1) is 17.9. The predicted octanol–water partition coefficient (Wildman–Crippen LogP) is 0.498. The van der Waals surface area contributed by atoms with Gasteiger partial charge in [-0.3, -0.25) is 4.79 Å². The molecule has 6 nitrogen and oxygen atoms in total. The Bertz CT molecular complexity index is 628. The van der Waals surface area contributed by atoms with Gasteiger partial charge in [-0.05, 0) is 37.6 Å². The van der Waals surface area contributed by atoms with Crippen molar-refractivity contribution in [3.8, 4) is 0 Å². The minimum Gasteiger partial charge on any atom is -0.366 e. The zero-order chi connectivity index (χ0) is 14.9. The number of rotatable bonds is 4. The summed E-state index contributed by atoms with van der Waals surface area (Å²) in [5.41, 5.74) is 6.18. The second kappa shape index (κ2) is 6.74. The molecule has 2 rings (SSSR count). The SMILES string of the molecule is Cc1ccc(S(=O)(=O)N(C)C2CCNC2)cc1C(N)=O.Cl. The van der Waals surface area contributed by atoms with E-state index < -0.39 is 15.9 Å². The number of hydrogen-bond acceptors (Lipinski definition) is 4. The summed E-state index contributed by atoms with van der Waals surface area (Å²) in [7, 11) is -2.04. The summed E-state index contributed by atoms with van der Waals surface area (Å²) < 4.78 is 26.5. The second-order valence-electron chi connectivity index (χ2n) is 5.01. The number of nitrogens with two attached hydrogens (primary N) is 1. The Hall–Kier alpha value is -1.15. The number of carbonyl (C=O) groups excluding carboxylic acids is 1. The van der Waals surface area contributed by atoms with E-state index in [1.165, 1.54) is 16.4 Å². The maximum atomic E-state index is 12.6. The minimum absolute atomic E-state index is 0. The number of halogens is 1. The Kier molecular flexibility index (Phi) is 5.75. The normalized spacial score (nSPS) is 18.5. The Labute approximate surface area is 131 Å². The summed E-state index contributed by atoms with van der Waals surface area (Å²) in [6.07, 6.45) is 0.782. The lowest BCUT2D eigenvalue weighted by atomic mass is 10.1. The summed E-state index contributed by atoms with van der Waals surface area (Å²) in [6.45, 7) is 3.18. The van der Waals surface area contributed by atoms with Crippen molar-refractivity contribution in [1.29, 1.82) is 0 Å². The number of likely N-dealkylation sites (N-methyl/N-ethyl adjacent to an activating group) is 1. The summed E-state index contributed by atoms with van der Waals surface area (Å²) in [5.74, 6) is -0.621. The van der Waals surface area contributed by atoms with Crippen LogP contribution in [0.4, 0.5) is 0 Å². The number of sulfonamides is 1. The van der Waals surface area contributed by atoms with E-state index in [0.717, 1.165) is 13.0 Å². The third-order valence-electron chi connectivity index (χ3n) is 3.70. The molecule has 118 valence electrons. The van der Waals surface area contributed by atoms with E-state index in [-0.39, 0.29) is 28.9 Å². The van der Waals surface area contributed by atoms with Gasteiger partial charge in [-0.25, -0.2) is 8.42 Å². The molecular weight excluding hydrogens is 314 g/mol. The summed E-state index contributed by atoms with van der Waals surface area (Å²) >= 11 is 0. The third kappa shape index (κ3) is 3.55. The van der Waals surface area contributed by atoms with Crippen LogP contribution in [0.5, 0.6) is 0 Å². The maximum Gasteiger partial charge on any atom is 0.249 e. The fourth-order valence-electron chi connectivity index (χ4n) is 2.34. The van der Waals surface area contributed by atoms with Gasteiger partial charge in [0.2, 0.25) is 15.9 Å². The molecule has 1 amide bonds.